The van der Waals surface area contributed by atoms with Crippen LogP contribution in [0.5, 0.6) is 0 Å². The van der Waals surface area contributed by atoms with Gasteiger partial charge in [-0.1, -0.05) is 153 Å². The van der Waals surface area contributed by atoms with Crippen LogP contribution >= 0.6 is 0 Å². The fourth-order valence-electron chi connectivity index (χ4n) is 7.81. The Kier molecular flexibility index (Phi) is 6.55. The van der Waals surface area contributed by atoms with Crippen LogP contribution in [0.4, 0.5) is 17.1 Å². The van der Waals surface area contributed by atoms with E-state index in [2.05, 4.69) is 195 Å². The van der Waals surface area contributed by atoms with Gasteiger partial charge in [-0.15, -0.1) is 0 Å². The molecule has 1 aliphatic rings. The summed E-state index contributed by atoms with van der Waals surface area (Å²) in [4.78, 5) is 2.41. The summed E-state index contributed by atoms with van der Waals surface area (Å²) >= 11 is 0. The average Bonchev–Trinajstić information content (AvgIpc) is 3.38. The van der Waals surface area contributed by atoms with Crippen LogP contribution in [0.25, 0.3) is 54.9 Å². The van der Waals surface area contributed by atoms with Crippen LogP contribution in [0, 0.1) is 0 Å². The van der Waals surface area contributed by atoms with E-state index < -0.39 is 0 Å². The molecule has 1 aliphatic carbocycles. The van der Waals surface area contributed by atoms with Gasteiger partial charge >= 0.3 is 0 Å². The first-order chi connectivity index (χ1) is 23.6. The first-order valence-electron chi connectivity index (χ1n) is 16.8. The van der Waals surface area contributed by atoms with Crippen LogP contribution in [0.15, 0.2) is 176 Å². The summed E-state index contributed by atoms with van der Waals surface area (Å²) in [7, 11) is 0. The Morgan fingerprint density at radius 3 is 1.92 bits per heavy atom. The van der Waals surface area contributed by atoms with E-state index in [-0.39, 0.29) is 5.41 Å². The predicted octanol–water partition coefficient (Wildman–Crippen LogP) is 13.1. The Bertz CT molecular complexity index is 2480. The Balaban J connectivity index is 1.20. The van der Waals surface area contributed by atoms with Gasteiger partial charge in [-0.3, -0.25) is 0 Å². The third-order valence-electron chi connectivity index (χ3n) is 10.2. The lowest BCUT2D eigenvalue weighted by molar-refractivity contribution is 0.660. The zero-order valence-corrected chi connectivity index (χ0v) is 27.2. The van der Waals surface area contributed by atoms with Crippen molar-refractivity contribution in [2.75, 3.05) is 4.90 Å². The number of hydrogen-bond acceptors (Lipinski definition) is 1. The molecule has 0 N–H and O–H groups in total. The second-order valence-electron chi connectivity index (χ2n) is 13.4. The molecule has 0 bridgehead atoms. The van der Waals surface area contributed by atoms with Crippen LogP contribution in [0.1, 0.15) is 25.0 Å². The van der Waals surface area contributed by atoms with Crippen molar-refractivity contribution in [2.45, 2.75) is 19.3 Å². The molecule has 0 spiro atoms. The number of nitrogens with zero attached hydrogens (tertiary/aromatic N) is 1. The van der Waals surface area contributed by atoms with E-state index in [1.165, 1.54) is 66.1 Å². The molecule has 0 atom stereocenters. The van der Waals surface area contributed by atoms with Crippen LogP contribution in [-0.4, -0.2) is 0 Å². The second-order valence-corrected chi connectivity index (χ2v) is 13.4. The molecule has 8 aromatic rings. The third-order valence-corrected chi connectivity index (χ3v) is 10.2. The first-order valence-corrected chi connectivity index (χ1v) is 16.8. The predicted molar refractivity (Wildman–Crippen MR) is 205 cm³/mol. The van der Waals surface area contributed by atoms with Gasteiger partial charge in [0.2, 0.25) is 0 Å². The highest BCUT2D eigenvalue weighted by atomic mass is 15.1. The lowest BCUT2D eigenvalue weighted by Crippen LogP contribution is -2.14. The molecule has 228 valence electrons. The molecule has 48 heavy (non-hydrogen) atoms. The standard InChI is InChI=1S/C47H35N/c1-47(2)43-21-8-7-19-42(43)46-41(20-11-22-44(46)47)37-16-9-17-39(31-37)48(45-23-10-15-34-13-5-6-18-40(34)45)38-28-26-33(27-29-38)36-25-24-32-12-3-4-14-35(32)30-36/h3-31H,1-2H3. The van der Waals surface area contributed by atoms with E-state index in [4.69, 9.17) is 0 Å². The van der Waals surface area contributed by atoms with Crippen molar-refractivity contribution < 1.29 is 0 Å². The Morgan fingerprint density at radius 1 is 0.396 bits per heavy atom. The minimum atomic E-state index is -0.0404. The second kappa shape index (κ2) is 11.1. The zero-order chi connectivity index (χ0) is 32.2. The number of benzene rings is 8. The van der Waals surface area contributed by atoms with Gasteiger partial charge in [-0.05, 0) is 97.1 Å². The Labute approximate surface area is 282 Å². The summed E-state index contributed by atoms with van der Waals surface area (Å²) in [5.74, 6) is 0. The van der Waals surface area contributed by atoms with Crippen molar-refractivity contribution in [1.82, 2.24) is 0 Å². The van der Waals surface area contributed by atoms with Gasteiger partial charge in [0.1, 0.15) is 0 Å². The van der Waals surface area contributed by atoms with Crippen molar-refractivity contribution in [2.24, 2.45) is 0 Å². The van der Waals surface area contributed by atoms with E-state index in [1.807, 2.05) is 0 Å². The van der Waals surface area contributed by atoms with Crippen LogP contribution in [0.2, 0.25) is 0 Å². The first kappa shape index (κ1) is 28.3. The van der Waals surface area contributed by atoms with Gasteiger partial charge in [0.15, 0.2) is 0 Å². The van der Waals surface area contributed by atoms with E-state index >= 15 is 0 Å². The minimum absolute atomic E-state index is 0.0404. The quantitative estimate of drug-likeness (QED) is 0.187. The van der Waals surface area contributed by atoms with Crippen LogP contribution in [0.3, 0.4) is 0 Å². The van der Waals surface area contributed by atoms with Crippen molar-refractivity contribution in [1.29, 1.82) is 0 Å². The Morgan fingerprint density at radius 2 is 1.04 bits per heavy atom. The molecule has 1 heteroatoms. The SMILES string of the molecule is CC1(C)c2ccccc2-c2c(-c3cccc(N(c4ccc(-c5ccc6ccccc6c5)cc4)c4cccc5ccccc45)c3)cccc21. The van der Waals surface area contributed by atoms with Crippen molar-refractivity contribution in [3.8, 4) is 33.4 Å². The molecule has 0 aromatic heterocycles. The number of hydrogen-bond donors (Lipinski definition) is 0. The molecule has 1 nitrogen and oxygen atoms in total. The van der Waals surface area contributed by atoms with Gasteiger partial charge in [0.25, 0.3) is 0 Å². The summed E-state index contributed by atoms with van der Waals surface area (Å²) in [6, 6.07) is 64.4. The summed E-state index contributed by atoms with van der Waals surface area (Å²) in [5.41, 5.74) is 13.8. The minimum Gasteiger partial charge on any atom is -0.310 e. The van der Waals surface area contributed by atoms with Crippen LogP contribution in [-0.2, 0) is 5.41 Å². The van der Waals surface area contributed by atoms with Crippen molar-refractivity contribution in [3.05, 3.63) is 187 Å². The van der Waals surface area contributed by atoms with Crippen molar-refractivity contribution in [3.63, 3.8) is 0 Å². The molecule has 0 aliphatic heterocycles. The highest BCUT2D eigenvalue weighted by Crippen LogP contribution is 2.52. The van der Waals surface area contributed by atoms with E-state index in [0.29, 0.717) is 0 Å². The van der Waals surface area contributed by atoms with Gasteiger partial charge in [0, 0.05) is 22.2 Å². The highest BCUT2D eigenvalue weighted by Gasteiger charge is 2.36. The fraction of sp³-hybridized carbons (Fsp3) is 0.0638. The highest BCUT2D eigenvalue weighted by molar-refractivity contribution is 6.00. The average molecular weight is 614 g/mol. The van der Waals surface area contributed by atoms with Gasteiger partial charge in [0.05, 0.1) is 5.69 Å². The molecule has 0 radical (unpaired) electrons. The molecular weight excluding hydrogens is 579 g/mol. The lowest BCUT2D eigenvalue weighted by Gasteiger charge is -2.28. The van der Waals surface area contributed by atoms with Gasteiger partial charge in [-0.25, -0.2) is 0 Å². The Hall–Kier alpha value is -5.92. The van der Waals surface area contributed by atoms with Gasteiger partial charge < -0.3 is 4.90 Å². The molecule has 8 aromatic carbocycles. The summed E-state index contributed by atoms with van der Waals surface area (Å²) in [6.45, 7) is 4.70. The normalized spacial score (nSPS) is 13.0. The zero-order valence-electron chi connectivity index (χ0n) is 27.2. The van der Waals surface area contributed by atoms with Crippen LogP contribution < -0.4 is 4.90 Å². The molecule has 0 heterocycles. The molecule has 0 unspecified atom stereocenters. The molecule has 9 rings (SSSR count). The number of rotatable bonds is 5. The lowest BCUT2D eigenvalue weighted by atomic mass is 9.82. The summed E-state index contributed by atoms with van der Waals surface area (Å²) in [5, 5.41) is 4.96. The van der Waals surface area contributed by atoms with Crippen molar-refractivity contribution >= 4 is 38.6 Å². The van der Waals surface area contributed by atoms with E-state index in [9.17, 15) is 0 Å². The largest absolute Gasteiger partial charge is 0.310 e. The molecule has 0 saturated heterocycles. The summed E-state index contributed by atoms with van der Waals surface area (Å²) in [6.07, 6.45) is 0. The van der Waals surface area contributed by atoms with Gasteiger partial charge in [-0.2, -0.15) is 0 Å². The molecule has 0 amide bonds. The number of anilines is 3. The maximum absolute atomic E-state index is 2.41. The molecule has 0 saturated carbocycles. The summed E-state index contributed by atoms with van der Waals surface area (Å²) < 4.78 is 0. The molecular formula is C47H35N. The monoisotopic (exact) mass is 613 g/mol. The van der Waals surface area contributed by atoms with E-state index in [1.54, 1.807) is 0 Å². The third kappa shape index (κ3) is 4.54. The fourth-order valence-corrected chi connectivity index (χ4v) is 7.81. The number of fused-ring (bicyclic) bond motifs is 5. The maximum Gasteiger partial charge on any atom is 0.0540 e. The topological polar surface area (TPSA) is 3.24 Å². The smallest absolute Gasteiger partial charge is 0.0540 e. The maximum atomic E-state index is 2.41. The molecule has 0 fully saturated rings. The van der Waals surface area contributed by atoms with E-state index in [0.717, 1.165) is 17.1 Å².